The molecule has 0 saturated heterocycles. The molecule has 0 aliphatic heterocycles. The van der Waals surface area contributed by atoms with Gasteiger partial charge in [-0.2, -0.15) is 132 Å². The number of aromatic hydroxyl groups is 1. The summed E-state index contributed by atoms with van der Waals surface area (Å²) < 4.78 is 343. The molecule has 0 amide bonds. The fourth-order valence-electron chi connectivity index (χ4n) is 7.55. The van der Waals surface area contributed by atoms with E-state index in [4.69, 9.17) is 0 Å². The number of rotatable bonds is 7. The van der Waals surface area contributed by atoms with E-state index >= 15 is 0 Å². The normalized spacial score (nSPS) is 13.4. The molecule has 0 aliphatic rings. The van der Waals surface area contributed by atoms with Crippen LogP contribution in [0.5, 0.6) is 5.75 Å². The third-order valence-electron chi connectivity index (χ3n) is 10.7. The van der Waals surface area contributed by atoms with E-state index in [1.807, 2.05) is 30.6 Å². The number of phenolic OH excluding ortho intramolecular Hbond substituents is 1. The maximum atomic E-state index is 14.2. The van der Waals surface area contributed by atoms with E-state index in [1.54, 1.807) is 22.8 Å². The van der Waals surface area contributed by atoms with Crippen molar-refractivity contribution in [1.29, 1.82) is 0 Å². The monoisotopic (exact) mass is 1080 g/mol. The SMILES string of the molecule is FC(F)(F)c1cc([B-](c2cc(C(F)(F)F)cc(C(F)(F)F)c2)(c2cc(C(F)(F)F)cc(C(F)(F)F)c2)c2cc(C(F)(F)F)cc(C(F)(F)F)c2)cc(C(F)(F)F)c1.O=C(C[n+]1ccccc1)c1cccc(O)c1. The maximum absolute atomic E-state index is 14.2. The van der Waals surface area contributed by atoms with Gasteiger partial charge < -0.3 is 5.11 Å². The first-order chi connectivity index (χ1) is 33.0. The first-order valence-electron chi connectivity index (χ1n) is 19.6. The largest absolute Gasteiger partial charge is 0.508 e. The van der Waals surface area contributed by atoms with Gasteiger partial charge in [0, 0.05) is 17.7 Å². The van der Waals surface area contributed by atoms with Gasteiger partial charge in [-0.15, -0.1) is 0 Å². The minimum atomic E-state index is -6.13. The highest BCUT2D eigenvalue weighted by Gasteiger charge is 2.47. The molecule has 0 fully saturated rings. The molecule has 6 aromatic rings. The van der Waals surface area contributed by atoms with Crippen molar-refractivity contribution >= 4 is 33.8 Å². The highest BCUT2D eigenvalue weighted by molar-refractivity contribution is 7.20. The van der Waals surface area contributed by atoms with Crippen LogP contribution in [0.3, 0.4) is 0 Å². The first kappa shape index (κ1) is 57.0. The van der Waals surface area contributed by atoms with Crippen LogP contribution in [0.1, 0.15) is 54.9 Å². The lowest BCUT2D eigenvalue weighted by atomic mass is 9.12. The van der Waals surface area contributed by atoms with E-state index in [0.717, 1.165) is 0 Å². The maximum Gasteiger partial charge on any atom is 0.416 e. The molecule has 73 heavy (non-hydrogen) atoms. The van der Waals surface area contributed by atoms with E-state index in [0.29, 0.717) is 5.56 Å². The molecule has 0 atom stereocenters. The van der Waals surface area contributed by atoms with Gasteiger partial charge in [0.1, 0.15) is 11.9 Å². The van der Waals surface area contributed by atoms with Crippen molar-refractivity contribution in [3.05, 3.63) is 178 Å². The molecule has 0 spiro atoms. The van der Waals surface area contributed by atoms with Gasteiger partial charge in [0.05, 0.1) is 44.5 Å². The number of Topliss-reactive ketones (excluding diaryl/α,β-unsaturated/α-hetero) is 1. The summed E-state index contributed by atoms with van der Waals surface area (Å²) in [6.07, 6.45) is -51.1. The lowest BCUT2D eigenvalue weighted by Gasteiger charge is -2.46. The molecule has 0 radical (unpaired) electrons. The molecular weight excluding hydrogens is 1050 g/mol. The number of pyridine rings is 1. The van der Waals surface area contributed by atoms with Crippen molar-refractivity contribution in [2.24, 2.45) is 0 Å². The van der Waals surface area contributed by atoms with E-state index in [9.17, 15) is 115 Å². The Morgan fingerprint density at radius 2 is 0.603 bits per heavy atom. The Labute approximate surface area is 392 Å². The number of ketones is 1. The predicted molar refractivity (Wildman–Crippen MR) is 209 cm³/mol. The molecule has 0 unspecified atom stereocenters. The van der Waals surface area contributed by atoms with E-state index in [-0.39, 0.29) is 18.1 Å². The highest BCUT2D eigenvalue weighted by Crippen LogP contribution is 2.41. The summed E-state index contributed by atoms with van der Waals surface area (Å²) in [4.78, 5) is 11.8. The summed E-state index contributed by atoms with van der Waals surface area (Å²) >= 11 is 0. The van der Waals surface area contributed by atoms with Gasteiger partial charge in [-0.1, -0.05) is 66.7 Å². The Morgan fingerprint density at radius 1 is 0.356 bits per heavy atom. The zero-order valence-corrected chi connectivity index (χ0v) is 35.3. The van der Waals surface area contributed by atoms with Crippen LogP contribution >= 0.6 is 0 Å². The van der Waals surface area contributed by atoms with E-state index in [1.165, 1.54) is 6.07 Å². The summed E-state index contributed by atoms with van der Waals surface area (Å²) in [6, 6.07) is 3.22. The molecule has 5 aromatic carbocycles. The van der Waals surface area contributed by atoms with E-state index in [2.05, 4.69) is 0 Å². The summed E-state index contributed by atoms with van der Waals surface area (Å²) in [5.41, 5.74) is -29.7. The summed E-state index contributed by atoms with van der Waals surface area (Å²) in [6.45, 7) is 0.282. The van der Waals surface area contributed by atoms with Crippen LogP contribution in [-0.2, 0) is 56.0 Å². The fourth-order valence-corrected chi connectivity index (χ4v) is 7.55. The number of carbonyl (C=O) groups is 1. The topological polar surface area (TPSA) is 41.2 Å². The van der Waals surface area contributed by atoms with Crippen molar-refractivity contribution in [3.8, 4) is 5.75 Å². The average Bonchev–Trinajstić information content (AvgIpc) is 3.24. The Bertz CT molecular complexity index is 2520. The predicted octanol–water partition coefficient (Wildman–Crippen LogP) is 12.8. The second-order valence-electron chi connectivity index (χ2n) is 15.7. The van der Waals surface area contributed by atoms with Crippen molar-refractivity contribution < 1.29 is 120 Å². The number of halogens is 24. The number of benzene rings is 5. The van der Waals surface area contributed by atoms with Crippen molar-refractivity contribution in [1.82, 2.24) is 0 Å². The molecule has 1 N–H and O–H groups in total. The molecule has 1 aromatic heterocycles. The minimum Gasteiger partial charge on any atom is -0.508 e. The van der Waals surface area contributed by atoms with Crippen LogP contribution in [0, 0.1) is 0 Å². The second kappa shape index (κ2) is 19.5. The van der Waals surface area contributed by atoms with Gasteiger partial charge in [0.25, 0.3) is 0 Å². The van der Waals surface area contributed by atoms with Gasteiger partial charge in [-0.25, -0.2) is 0 Å². The molecule has 1 heterocycles. The molecule has 0 aliphatic carbocycles. The average molecular weight is 1080 g/mol. The molecule has 0 saturated carbocycles. The molecular formula is C45H24BF24NO2. The number of hydrogen-bond donors (Lipinski definition) is 1. The van der Waals surface area contributed by atoms with E-state index < -0.39 is 195 Å². The lowest BCUT2D eigenvalue weighted by molar-refractivity contribution is -0.683. The van der Waals surface area contributed by atoms with Crippen LogP contribution in [0.25, 0.3) is 0 Å². The fraction of sp³-hybridized carbons (Fsp3) is 0.200. The second-order valence-corrected chi connectivity index (χ2v) is 15.7. The molecule has 3 nitrogen and oxygen atoms in total. The highest BCUT2D eigenvalue weighted by atomic mass is 19.4. The van der Waals surface area contributed by atoms with Gasteiger partial charge in [-0.3, -0.25) is 4.79 Å². The number of carbonyl (C=O) groups excluding carboxylic acids is 1. The van der Waals surface area contributed by atoms with Crippen molar-refractivity contribution in [3.63, 3.8) is 0 Å². The Morgan fingerprint density at radius 3 is 0.822 bits per heavy atom. The number of aromatic nitrogens is 1. The standard InChI is InChI=1S/C32H12BF24.C13H11NO2/c34-25(35,36)13-1-14(26(37,38)39)6-21(5-13)33(22-7-15(27(40,41)42)2-16(8-22)28(43,44)45,23-9-17(29(46,47)48)3-18(10-23)30(49,50)51)24-11-19(31(52,53)54)4-20(12-24)32(55,56)57;15-12-6-4-5-11(9-12)13(16)10-14-7-2-1-3-8-14/h1-12H;1-9H,10H2/q-1;/p+1. The van der Waals surface area contributed by atoms with Gasteiger partial charge in [-0.05, 0) is 36.4 Å². The van der Waals surface area contributed by atoms with Crippen LogP contribution in [0.4, 0.5) is 105 Å². The quantitative estimate of drug-likeness (QED) is 0.0749. The van der Waals surface area contributed by atoms with Gasteiger partial charge in [0.2, 0.25) is 12.3 Å². The Hall–Kier alpha value is -6.90. The first-order valence-corrected chi connectivity index (χ1v) is 19.6. The van der Waals surface area contributed by atoms with Crippen LogP contribution in [-0.4, -0.2) is 17.0 Å². The van der Waals surface area contributed by atoms with Gasteiger partial charge >= 0.3 is 49.4 Å². The van der Waals surface area contributed by atoms with Crippen LogP contribution in [0.2, 0.25) is 0 Å². The Balaban J connectivity index is 0.000000520. The number of alkyl halides is 24. The third-order valence-corrected chi connectivity index (χ3v) is 10.7. The molecule has 6 rings (SSSR count). The number of phenols is 1. The molecule has 28 heteroatoms. The summed E-state index contributed by atoms with van der Waals surface area (Å²) in [5.74, 6) is 0.0935. The number of hydrogen-bond acceptors (Lipinski definition) is 2. The summed E-state index contributed by atoms with van der Waals surface area (Å²) in [5, 5.41) is 9.27. The zero-order chi connectivity index (χ0) is 55.3. The van der Waals surface area contributed by atoms with Crippen LogP contribution < -0.4 is 26.4 Å². The molecule has 0 bridgehead atoms. The van der Waals surface area contributed by atoms with Crippen molar-refractivity contribution in [2.75, 3.05) is 0 Å². The van der Waals surface area contributed by atoms with Gasteiger partial charge in [0.15, 0.2) is 12.4 Å². The number of nitrogens with zero attached hydrogens (tertiary/aromatic N) is 1. The smallest absolute Gasteiger partial charge is 0.416 e. The van der Waals surface area contributed by atoms with Crippen molar-refractivity contribution in [2.45, 2.75) is 56.0 Å². The molecule has 392 valence electrons. The zero-order valence-electron chi connectivity index (χ0n) is 35.3. The third kappa shape index (κ3) is 13.4. The summed E-state index contributed by atoms with van der Waals surface area (Å²) in [7, 11) is 0. The van der Waals surface area contributed by atoms with Crippen LogP contribution in [0.15, 0.2) is 128 Å². The lowest BCUT2D eigenvalue weighted by Crippen LogP contribution is -2.75. The Kier molecular flexibility index (Phi) is 15.2. The minimum absolute atomic E-state index is 0.0212.